The molecule has 2 atom stereocenters. The van der Waals surface area contributed by atoms with Crippen LogP contribution in [0.3, 0.4) is 0 Å². The first-order chi connectivity index (χ1) is 16.3. The summed E-state index contributed by atoms with van der Waals surface area (Å²) in [6.07, 6.45) is 3.45. The normalized spacial score (nSPS) is 30.1. The van der Waals surface area contributed by atoms with Crippen molar-refractivity contribution >= 4 is 34.3 Å². The van der Waals surface area contributed by atoms with Crippen molar-refractivity contribution in [3.63, 3.8) is 0 Å². The number of thiazole rings is 1. The fourth-order valence-electron chi connectivity index (χ4n) is 5.37. The molecule has 0 unspecified atom stereocenters. The van der Waals surface area contributed by atoms with Gasteiger partial charge in [0.15, 0.2) is 5.13 Å². The van der Waals surface area contributed by atoms with E-state index in [-0.39, 0.29) is 49.3 Å². The Labute approximate surface area is 202 Å². The van der Waals surface area contributed by atoms with Crippen molar-refractivity contribution in [2.24, 2.45) is 5.41 Å². The molecule has 1 aromatic rings. The lowest BCUT2D eigenvalue weighted by Crippen LogP contribution is -2.59. The van der Waals surface area contributed by atoms with Crippen molar-refractivity contribution in [3.05, 3.63) is 11.1 Å². The largest absolute Gasteiger partial charge is 0.466 e. The highest BCUT2D eigenvalue weighted by atomic mass is 32.1. The molecule has 1 aliphatic heterocycles. The van der Waals surface area contributed by atoms with Crippen LogP contribution in [0.5, 0.6) is 0 Å². The highest BCUT2D eigenvalue weighted by Gasteiger charge is 2.52. The lowest BCUT2D eigenvalue weighted by molar-refractivity contribution is -0.142. The molecule has 5 rings (SSSR count). The van der Waals surface area contributed by atoms with E-state index in [1.54, 1.807) is 12.3 Å². The number of nitrogens with one attached hydrogen (secondary N) is 2. The third-order valence-corrected chi connectivity index (χ3v) is 8.27. The predicted molar refractivity (Wildman–Crippen MR) is 123 cm³/mol. The summed E-state index contributed by atoms with van der Waals surface area (Å²) in [4.78, 5) is 43.1. The lowest BCUT2D eigenvalue weighted by atomic mass is 9.57. The highest BCUT2D eigenvalue weighted by molar-refractivity contribution is 7.13. The van der Waals surface area contributed by atoms with Crippen LogP contribution in [0, 0.1) is 16.7 Å². The molecular formula is C23H30FN5O4S. The molecule has 9 nitrogen and oxygen atoms in total. The van der Waals surface area contributed by atoms with Gasteiger partial charge in [0.1, 0.15) is 12.2 Å². The quantitative estimate of drug-likeness (QED) is 0.535. The van der Waals surface area contributed by atoms with Gasteiger partial charge in [0.25, 0.3) is 0 Å². The number of ether oxygens (including phenoxy) is 1. The number of carbonyl (C=O) groups is 3. The van der Waals surface area contributed by atoms with Crippen molar-refractivity contribution in [1.29, 1.82) is 5.26 Å². The molecule has 3 saturated carbocycles. The molecule has 3 aliphatic carbocycles. The zero-order valence-corrected chi connectivity index (χ0v) is 20.1. The first-order valence-electron chi connectivity index (χ1n) is 11.8. The first kappa shape index (κ1) is 24.5. The molecule has 2 N–H and O–H groups in total. The minimum Gasteiger partial charge on any atom is -0.466 e. The number of rotatable bonds is 8. The Bertz CT molecular complexity index is 968. The van der Waals surface area contributed by atoms with Crippen molar-refractivity contribution in [3.8, 4) is 6.07 Å². The maximum absolute atomic E-state index is 13.6. The van der Waals surface area contributed by atoms with Gasteiger partial charge in [0.2, 0.25) is 11.8 Å². The van der Waals surface area contributed by atoms with E-state index >= 15 is 0 Å². The van der Waals surface area contributed by atoms with Crippen molar-refractivity contribution < 1.29 is 23.5 Å². The molecule has 0 aromatic carbocycles. The second kappa shape index (κ2) is 9.96. The Kier molecular flexibility index (Phi) is 7.19. The minimum absolute atomic E-state index is 0.0206. The van der Waals surface area contributed by atoms with E-state index in [4.69, 9.17) is 4.74 Å². The van der Waals surface area contributed by atoms with Crippen LogP contribution in [0.4, 0.5) is 9.52 Å². The summed E-state index contributed by atoms with van der Waals surface area (Å²) in [7, 11) is 0. The number of carbonyl (C=O) groups excluding carboxylic acids is 3. The fourth-order valence-corrected chi connectivity index (χ4v) is 6.08. The summed E-state index contributed by atoms with van der Waals surface area (Å²) in [5.41, 5.74) is -0.0853. The third-order valence-electron chi connectivity index (χ3n) is 7.47. The minimum atomic E-state index is -1.14. The Morgan fingerprint density at radius 3 is 2.65 bits per heavy atom. The van der Waals surface area contributed by atoms with Crippen LogP contribution in [0.15, 0.2) is 5.38 Å². The van der Waals surface area contributed by atoms with Crippen LogP contribution in [0.1, 0.15) is 57.6 Å². The molecule has 11 heteroatoms. The molecule has 2 bridgehead atoms. The summed E-state index contributed by atoms with van der Waals surface area (Å²) in [5.74, 6) is -0.635. The molecule has 4 fully saturated rings. The number of fused-ring (bicyclic) bond motifs is 3. The van der Waals surface area contributed by atoms with Crippen LogP contribution >= 0.6 is 11.3 Å². The molecule has 1 saturated heterocycles. The van der Waals surface area contributed by atoms with Gasteiger partial charge in [-0.05, 0) is 45.4 Å². The summed E-state index contributed by atoms with van der Waals surface area (Å²) in [6, 6.07) is 1.32. The monoisotopic (exact) mass is 491 g/mol. The van der Waals surface area contributed by atoms with Gasteiger partial charge in [-0.3, -0.25) is 14.4 Å². The van der Waals surface area contributed by atoms with Crippen LogP contribution in [-0.4, -0.2) is 65.1 Å². The standard InChI is InChI=1S/C23H30FN5O4S/c1-2-33-19(31)10-16-14-34-21(27-16)28-20(32)22-3-6-23(7-4-22,8-5-22)26-12-18(30)29-13-15(24)9-17(29)11-25/h14-15,17,26H,2-10,12-13H2,1H3,(H,27,28,32)/t15-,17-,22?,23?/m0/s1. The molecule has 0 spiro atoms. The van der Waals surface area contributed by atoms with Gasteiger partial charge < -0.3 is 20.3 Å². The van der Waals surface area contributed by atoms with E-state index in [2.05, 4.69) is 15.6 Å². The van der Waals surface area contributed by atoms with Gasteiger partial charge in [-0.15, -0.1) is 11.3 Å². The van der Waals surface area contributed by atoms with Crippen molar-refractivity contribution in [2.75, 3.05) is 25.0 Å². The Hall–Kier alpha value is -2.58. The number of alkyl halides is 1. The van der Waals surface area contributed by atoms with Crippen molar-refractivity contribution in [1.82, 2.24) is 15.2 Å². The number of halogens is 1. The molecule has 2 amide bonds. The topological polar surface area (TPSA) is 124 Å². The molecular weight excluding hydrogens is 461 g/mol. The van der Waals surface area contributed by atoms with E-state index in [9.17, 15) is 24.0 Å². The van der Waals surface area contributed by atoms with Gasteiger partial charge in [0, 0.05) is 22.8 Å². The molecule has 4 aliphatic rings. The number of hydrogen-bond acceptors (Lipinski definition) is 8. The number of anilines is 1. The molecule has 1 aromatic heterocycles. The highest BCUT2D eigenvalue weighted by Crippen LogP contribution is 2.52. The van der Waals surface area contributed by atoms with Crippen LogP contribution in [-0.2, 0) is 25.5 Å². The van der Waals surface area contributed by atoms with E-state index in [0.717, 1.165) is 19.3 Å². The summed E-state index contributed by atoms with van der Waals surface area (Å²) >= 11 is 1.29. The number of amides is 2. The maximum Gasteiger partial charge on any atom is 0.311 e. The van der Waals surface area contributed by atoms with Gasteiger partial charge in [0.05, 0.1) is 37.9 Å². The summed E-state index contributed by atoms with van der Waals surface area (Å²) < 4.78 is 18.6. The average molecular weight is 492 g/mol. The number of esters is 1. The predicted octanol–water partition coefficient (Wildman–Crippen LogP) is 2.33. The van der Waals surface area contributed by atoms with Crippen LogP contribution in [0.25, 0.3) is 0 Å². The van der Waals surface area contributed by atoms with Gasteiger partial charge in [-0.2, -0.15) is 5.26 Å². The molecule has 0 radical (unpaired) electrons. The lowest BCUT2D eigenvalue weighted by Gasteiger charge is -2.52. The summed E-state index contributed by atoms with van der Waals surface area (Å²) in [5, 5.41) is 17.7. The third kappa shape index (κ3) is 5.08. The van der Waals surface area contributed by atoms with Crippen molar-refractivity contribution in [2.45, 2.75) is 76.0 Å². The van der Waals surface area contributed by atoms with Crippen LogP contribution < -0.4 is 10.6 Å². The van der Waals surface area contributed by atoms with E-state index in [1.807, 2.05) is 6.07 Å². The Morgan fingerprint density at radius 1 is 1.29 bits per heavy atom. The Balaban J connectivity index is 1.28. The number of hydrogen-bond donors (Lipinski definition) is 2. The van der Waals surface area contributed by atoms with E-state index in [0.29, 0.717) is 36.7 Å². The number of nitriles is 1. The zero-order valence-electron chi connectivity index (χ0n) is 19.3. The summed E-state index contributed by atoms with van der Waals surface area (Å²) in [6.45, 7) is 2.12. The Morgan fingerprint density at radius 2 is 2.00 bits per heavy atom. The zero-order chi connectivity index (χ0) is 24.3. The number of aromatic nitrogens is 1. The number of likely N-dealkylation sites (tertiary alicyclic amines) is 1. The van der Waals surface area contributed by atoms with Crippen LogP contribution in [0.2, 0.25) is 0 Å². The van der Waals surface area contributed by atoms with Gasteiger partial charge >= 0.3 is 5.97 Å². The SMILES string of the molecule is CCOC(=O)Cc1csc(NC(=O)C23CCC(NCC(=O)N4C[C@@H](F)C[C@H]4C#N)(CC2)CC3)n1. The molecule has 34 heavy (non-hydrogen) atoms. The average Bonchev–Trinajstić information content (AvgIpc) is 3.44. The smallest absolute Gasteiger partial charge is 0.311 e. The molecule has 2 heterocycles. The second-order valence-electron chi connectivity index (χ2n) is 9.52. The number of nitrogens with zero attached hydrogens (tertiary/aromatic N) is 3. The fraction of sp³-hybridized carbons (Fsp3) is 0.696. The second-order valence-corrected chi connectivity index (χ2v) is 10.4. The van der Waals surface area contributed by atoms with E-state index < -0.39 is 17.6 Å². The maximum atomic E-state index is 13.6. The van der Waals surface area contributed by atoms with Gasteiger partial charge in [-0.1, -0.05) is 0 Å². The first-order valence-corrected chi connectivity index (χ1v) is 12.7. The molecule has 184 valence electrons. The van der Waals surface area contributed by atoms with Gasteiger partial charge in [-0.25, -0.2) is 9.37 Å². The van der Waals surface area contributed by atoms with E-state index in [1.165, 1.54) is 16.2 Å².